The zero-order valence-electron chi connectivity index (χ0n) is 17.8. The lowest BCUT2D eigenvalue weighted by Crippen LogP contribution is -2.37. The molecule has 0 spiro atoms. The van der Waals surface area contributed by atoms with Gasteiger partial charge in [0.2, 0.25) is 0 Å². The van der Waals surface area contributed by atoms with Gasteiger partial charge in [0.25, 0.3) is 0 Å². The normalized spacial score (nSPS) is 11.8. The van der Waals surface area contributed by atoms with Crippen LogP contribution < -0.4 is 5.32 Å². The van der Waals surface area contributed by atoms with Gasteiger partial charge in [0.05, 0.1) is 13.5 Å². The predicted octanol–water partition coefficient (Wildman–Crippen LogP) is 4.90. The van der Waals surface area contributed by atoms with E-state index < -0.39 is 0 Å². The Labute approximate surface area is 179 Å². The first-order valence-corrected chi connectivity index (χ1v) is 10.4. The molecule has 0 radical (unpaired) electrons. The number of hydrogen-bond acceptors (Lipinski definition) is 4. The van der Waals surface area contributed by atoms with E-state index in [9.17, 15) is 4.79 Å². The molecule has 3 aromatic carbocycles. The highest BCUT2D eigenvalue weighted by molar-refractivity contribution is 5.72. The summed E-state index contributed by atoms with van der Waals surface area (Å²) in [7, 11) is 1.42. The minimum absolute atomic E-state index is 0.225. The number of methoxy groups -OCH3 is 1. The summed E-state index contributed by atoms with van der Waals surface area (Å²) in [6.45, 7) is 4.83. The average Bonchev–Trinajstić information content (AvgIpc) is 2.78. The minimum atomic E-state index is -0.225. The summed E-state index contributed by atoms with van der Waals surface area (Å²) in [6, 6.07) is 29.4. The molecule has 0 amide bonds. The molecule has 0 aliphatic carbocycles. The highest BCUT2D eigenvalue weighted by atomic mass is 16.5. The van der Waals surface area contributed by atoms with Crippen molar-refractivity contribution < 1.29 is 9.53 Å². The second kappa shape index (κ2) is 11.2. The van der Waals surface area contributed by atoms with Gasteiger partial charge in [0, 0.05) is 31.4 Å². The molecule has 156 valence electrons. The van der Waals surface area contributed by atoms with Gasteiger partial charge in [-0.1, -0.05) is 72.8 Å². The van der Waals surface area contributed by atoms with Crippen LogP contribution in [0.1, 0.15) is 23.6 Å². The summed E-state index contributed by atoms with van der Waals surface area (Å²) in [5, 5.41) is 3.53. The summed E-state index contributed by atoms with van der Waals surface area (Å²) in [4.78, 5) is 14.0. The Hall–Kier alpha value is -3.11. The van der Waals surface area contributed by atoms with Gasteiger partial charge in [-0.25, -0.2) is 0 Å². The molecule has 30 heavy (non-hydrogen) atoms. The first kappa shape index (κ1) is 21.6. The van der Waals surface area contributed by atoms with Crippen LogP contribution in [-0.2, 0) is 29.0 Å². The number of nitrogens with zero attached hydrogens (tertiary/aromatic N) is 1. The van der Waals surface area contributed by atoms with Crippen molar-refractivity contribution >= 4 is 11.7 Å². The third-order valence-corrected chi connectivity index (χ3v) is 5.19. The fourth-order valence-corrected chi connectivity index (χ4v) is 3.43. The number of carbonyl (C=O) groups excluding carboxylic acids is 1. The third kappa shape index (κ3) is 6.75. The lowest BCUT2D eigenvalue weighted by Gasteiger charge is -2.30. The van der Waals surface area contributed by atoms with Gasteiger partial charge in [-0.3, -0.25) is 9.69 Å². The first-order valence-electron chi connectivity index (χ1n) is 10.4. The Balaban J connectivity index is 1.66. The SMILES string of the molecule is COC(=O)Cc1cccc(NC[C@@H](C)N(Cc2ccccc2)Cc2ccccc2)c1. The van der Waals surface area contributed by atoms with Gasteiger partial charge >= 0.3 is 5.97 Å². The number of anilines is 1. The Morgan fingerprint density at radius 3 is 2.00 bits per heavy atom. The zero-order chi connectivity index (χ0) is 21.2. The van der Waals surface area contributed by atoms with Crippen LogP contribution in [0, 0.1) is 0 Å². The summed E-state index contributed by atoms with van der Waals surface area (Å²) in [5.41, 5.74) is 4.58. The predicted molar refractivity (Wildman–Crippen MR) is 122 cm³/mol. The molecule has 0 unspecified atom stereocenters. The molecule has 0 bridgehead atoms. The molecule has 1 N–H and O–H groups in total. The number of rotatable bonds is 10. The van der Waals surface area contributed by atoms with Crippen LogP contribution in [-0.4, -0.2) is 30.6 Å². The molecule has 0 aromatic heterocycles. The van der Waals surface area contributed by atoms with Gasteiger partial charge in [0.1, 0.15) is 0 Å². The molecule has 3 aromatic rings. The third-order valence-electron chi connectivity index (χ3n) is 5.19. The fraction of sp³-hybridized carbons (Fsp3) is 0.269. The Morgan fingerprint density at radius 2 is 1.43 bits per heavy atom. The number of hydrogen-bond donors (Lipinski definition) is 1. The molecule has 0 saturated carbocycles. The monoisotopic (exact) mass is 402 g/mol. The fourth-order valence-electron chi connectivity index (χ4n) is 3.43. The summed E-state index contributed by atoms with van der Waals surface area (Å²) >= 11 is 0. The maximum absolute atomic E-state index is 11.5. The second-order valence-electron chi connectivity index (χ2n) is 7.56. The number of esters is 1. The van der Waals surface area contributed by atoms with Crippen LogP contribution in [0.25, 0.3) is 0 Å². The van der Waals surface area contributed by atoms with E-state index in [0.29, 0.717) is 6.04 Å². The largest absolute Gasteiger partial charge is 0.469 e. The Morgan fingerprint density at radius 1 is 0.867 bits per heavy atom. The first-order chi connectivity index (χ1) is 14.6. The lowest BCUT2D eigenvalue weighted by molar-refractivity contribution is -0.139. The molecule has 4 nitrogen and oxygen atoms in total. The minimum Gasteiger partial charge on any atom is -0.469 e. The highest BCUT2D eigenvalue weighted by Gasteiger charge is 2.15. The van der Waals surface area contributed by atoms with E-state index in [1.807, 2.05) is 24.3 Å². The molecule has 4 heteroatoms. The van der Waals surface area contributed by atoms with E-state index in [-0.39, 0.29) is 12.4 Å². The van der Waals surface area contributed by atoms with E-state index in [1.165, 1.54) is 18.2 Å². The van der Waals surface area contributed by atoms with Gasteiger partial charge in [0.15, 0.2) is 0 Å². The average molecular weight is 403 g/mol. The van der Waals surface area contributed by atoms with Crippen molar-refractivity contribution in [2.75, 3.05) is 19.0 Å². The quantitative estimate of drug-likeness (QED) is 0.490. The van der Waals surface area contributed by atoms with Crippen LogP contribution in [0.3, 0.4) is 0 Å². The van der Waals surface area contributed by atoms with Crippen molar-refractivity contribution in [3.63, 3.8) is 0 Å². The molecule has 0 fully saturated rings. The van der Waals surface area contributed by atoms with Crippen molar-refractivity contribution in [2.45, 2.75) is 32.5 Å². The van der Waals surface area contributed by atoms with Gasteiger partial charge in [-0.05, 0) is 35.7 Å². The van der Waals surface area contributed by atoms with Crippen molar-refractivity contribution in [1.29, 1.82) is 0 Å². The van der Waals surface area contributed by atoms with Crippen LogP contribution in [0.4, 0.5) is 5.69 Å². The standard InChI is InChI=1S/C26H30N2O2/c1-21(18-27-25-15-9-14-24(16-25)17-26(29)30-2)28(19-22-10-5-3-6-11-22)20-23-12-7-4-8-13-23/h3-16,21,27H,17-20H2,1-2H3/t21-/m1/s1. The molecule has 1 atom stereocenters. The van der Waals surface area contributed by atoms with E-state index >= 15 is 0 Å². The highest BCUT2D eigenvalue weighted by Crippen LogP contribution is 2.16. The molecule has 0 saturated heterocycles. The maximum Gasteiger partial charge on any atom is 0.309 e. The second-order valence-corrected chi connectivity index (χ2v) is 7.56. The topological polar surface area (TPSA) is 41.6 Å². The molecular formula is C26H30N2O2. The van der Waals surface area contributed by atoms with Crippen molar-refractivity contribution in [3.8, 4) is 0 Å². The van der Waals surface area contributed by atoms with Crippen LogP contribution in [0.5, 0.6) is 0 Å². The number of benzene rings is 3. The smallest absolute Gasteiger partial charge is 0.309 e. The Kier molecular flexibility index (Phi) is 8.04. The molecular weight excluding hydrogens is 372 g/mol. The molecule has 3 rings (SSSR count). The Bertz CT molecular complexity index is 871. The number of ether oxygens (including phenoxy) is 1. The van der Waals surface area contributed by atoms with Gasteiger partial charge in [-0.15, -0.1) is 0 Å². The van der Waals surface area contributed by atoms with Crippen molar-refractivity contribution in [2.24, 2.45) is 0 Å². The van der Waals surface area contributed by atoms with E-state index in [0.717, 1.165) is 30.9 Å². The summed E-state index contributed by atoms with van der Waals surface area (Å²) in [5.74, 6) is -0.225. The summed E-state index contributed by atoms with van der Waals surface area (Å²) in [6.07, 6.45) is 0.287. The van der Waals surface area contributed by atoms with Crippen LogP contribution in [0.2, 0.25) is 0 Å². The molecule has 0 aliphatic heterocycles. The van der Waals surface area contributed by atoms with Gasteiger partial charge < -0.3 is 10.1 Å². The van der Waals surface area contributed by atoms with Crippen molar-refractivity contribution in [3.05, 3.63) is 102 Å². The van der Waals surface area contributed by atoms with E-state index in [2.05, 4.69) is 77.8 Å². The van der Waals surface area contributed by atoms with E-state index in [1.54, 1.807) is 0 Å². The van der Waals surface area contributed by atoms with Crippen molar-refractivity contribution in [1.82, 2.24) is 4.90 Å². The van der Waals surface area contributed by atoms with E-state index in [4.69, 9.17) is 4.74 Å². The lowest BCUT2D eigenvalue weighted by atomic mass is 10.1. The van der Waals surface area contributed by atoms with Crippen LogP contribution in [0.15, 0.2) is 84.9 Å². The molecule has 0 heterocycles. The van der Waals surface area contributed by atoms with Gasteiger partial charge in [-0.2, -0.15) is 0 Å². The number of nitrogens with one attached hydrogen (secondary N) is 1. The number of carbonyl (C=O) groups is 1. The molecule has 0 aliphatic rings. The zero-order valence-corrected chi connectivity index (χ0v) is 17.8. The maximum atomic E-state index is 11.5. The van der Waals surface area contributed by atoms with Crippen LogP contribution >= 0.6 is 0 Å². The summed E-state index contributed by atoms with van der Waals surface area (Å²) < 4.78 is 4.77.